The zero-order valence-electron chi connectivity index (χ0n) is 12.7. The second-order valence-corrected chi connectivity index (χ2v) is 6.62. The molecule has 2 unspecified atom stereocenters. The van der Waals surface area contributed by atoms with Gasteiger partial charge in [0.15, 0.2) is 6.29 Å². The highest BCUT2D eigenvalue weighted by atomic mass is 32.2. The minimum absolute atomic E-state index is 0.0939. The smallest absolute Gasteiger partial charge is 0.319 e. The van der Waals surface area contributed by atoms with E-state index in [-0.39, 0.29) is 24.1 Å². The summed E-state index contributed by atoms with van der Waals surface area (Å²) in [6, 6.07) is 7.83. The molecule has 2 rings (SSSR count). The fourth-order valence-electron chi connectivity index (χ4n) is 1.87. The minimum Gasteiger partial charge on any atom is -0.465 e. The number of carbonyl (C=O) groups excluding carboxylic acids is 1. The van der Waals surface area contributed by atoms with Crippen molar-refractivity contribution in [3.05, 3.63) is 35.7 Å². The van der Waals surface area contributed by atoms with Gasteiger partial charge in [-0.15, -0.1) is 23.5 Å². The number of benzene rings is 1. The second-order valence-electron chi connectivity index (χ2n) is 4.63. The highest BCUT2D eigenvalue weighted by Gasteiger charge is 2.21. The maximum Gasteiger partial charge on any atom is 0.319 e. The topological polar surface area (TPSA) is 44.8 Å². The maximum atomic E-state index is 11.7. The third-order valence-corrected chi connectivity index (χ3v) is 4.80. The van der Waals surface area contributed by atoms with Gasteiger partial charge in [-0.05, 0) is 49.3 Å². The first kappa shape index (κ1) is 17.2. The zero-order chi connectivity index (χ0) is 15.8. The van der Waals surface area contributed by atoms with Crippen molar-refractivity contribution in [3.63, 3.8) is 0 Å². The van der Waals surface area contributed by atoms with Crippen molar-refractivity contribution in [1.29, 1.82) is 0 Å². The molecule has 0 bridgehead atoms. The summed E-state index contributed by atoms with van der Waals surface area (Å²) in [4.78, 5) is 12.9. The van der Waals surface area contributed by atoms with Crippen molar-refractivity contribution in [1.82, 2.24) is 0 Å². The Labute approximate surface area is 139 Å². The lowest BCUT2D eigenvalue weighted by molar-refractivity contribution is -0.147. The quantitative estimate of drug-likeness (QED) is 0.311. The Balaban J connectivity index is 1.60. The van der Waals surface area contributed by atoms with E-state index in [1.54, 1.807) is 11.8 Å². The summed E-state index contributed by atoms with van der Waals surface area (Å²) in [5.74, 6) is 0.579. The average molecular weight is 340 g/mol. The second kappa shape index (κ2) is 9.12. The molecule has 0 aromatic heterocycles. The van der Waals surface area contributed by atoms with Crippen LogP contribution >= 0.6 is 23.5 Å². The van der Waals surface area contributed by atoms with Crippen LogP contribution in [0, 0.1) is 0 Å². The van der Waals surface area contributed by atoms with Crippen LogP contribution in [0.4, 0.5) is 0 Å². The van der Waals surface area contributed by atoms with Crippen molar-refractivity contribution in [2.45, 2.75) is 29.8 Å². The molecule has 22 heavy (non-hydrogen) atoms. The lowest BCUT2D eigenvalue weighted by Gasteiger charge is -2.16. The predicted molar refractivity (Wildman–Crippen MR) is 90.4 cm³/mol. The van der Waals surface area contributed by atoms with E-state index >= 15 is 0 Å². The molecule has 0 saturated carbocycles. The summed E-state index contributed by atoms with van der Waals surface area (Å²) in [5.41, 5.74) is 0. The Morgan fingerprint density at radius 3 is 2.77 bits per heavy atom. The van der Waals surface area contributed by atoms with E-state index in [2.05, 4.69) is 0 Å². The van der Waals surface area contributed by atoms with Gasteiger partial charge in [0.1, 0.15) is 17.6 Å². The molecule has 0 spiro atoms. The highest BCUT2D eigenvalue weighted by molar-refractivity contribution is 8.03. The Kier molecular flexibility index (Phi) is 7.15. The van der Waals surface area contributed by atoms with Crippen LogP contribution in [0.3, 0.4) is 0 Å². The van der Waals surface area contributed by atoms with E-state index in [0.29, 0.717) is 6.61 Å². The fourth-order valence-corrected chi connectivity index (χ4v) is 3.09. The van der Waals surface area contributed by atoms with Crippen LogP contribution in [-0.2, 0) is 14.3 Å². The first-order valence-corrected chi connectivity index (χ1v) is 9.25. The summed E-state index contributed by atoms with van der Waals surface area (Å²) < 4.78 is 16.3. The SMILES string of the molecule is CSc1ccc(OC(C)OCCOC(=O)C2CC=CS2)cc1. The van der Waals surface area contributed by atoms with Crippen molar-refractivity contribution in [3.8, 4) is 5.75 Å². The van der Waals surface area contributed by atoms with Gasteiger partial charge >= 0.3 is 5.97 Å². The van der Waals surface area contributed by atoms with E-state index < -0.39 is 0 Å². The Bertz CT molecular complexity index is 493. The molecule has 0 N–H and O–H groups in total. The Morgan fingerprint density at radius 1 is 1.36 bits per heavy atom. The van der Waals surface area contributed by atoms with E-state index in [9.17, 15) is 4.79 Å². The summed E-state index contributed by atoms with van der Waals surface area (Å²) in [7, 11) is 0. The Morgan fingerprint density at radius 2 is 2.14 bits per heavy atom. The summed E-state index contributed by atoms with van der Waals surface area (Å²) in [6.07, 6.45) is 4.37. The monoisotopic (exact) mass is 340 g/mol. The standard InChI is InChI=1S/C16H20O4S2/c1-12(20-13-5-7-14(21-2)8-6-13)18-9-10-19-16(17)15-4-3-11-22-15/h3,5-8,11-12,15H,4,9-10H2,1-2H3. The van der Waals surface area contributed by atoms with Gasteiger partial charge in [0, 0.05) is 4.90 Å². The van der Waals surface area contributed by atoms with E-state index in [1.807, 2.05) is 48.9 Å². The molecule has 0 fully saturated rings. The number of carbonyl (C=O) groups is 1. The molecule has 120 valence electrons. The number of hydrogen-bond donors (Lipinski definition) is 0. The number of allylic oxidation sites excluding steroid dienone is 1. The fraction of sp³-hybridized carbons (Fsp3) is 0.438. The first-order valence-electron chi connectivity index (χ1n) is 7.08. The molecular weight excluding hydrogens is 320 g/mol. The Hall–Kier alpha value is -1.11. The number of thioether (sulfide) groups is 2. The van der Waals surface area contributed by atoms with Gasteiger partial charge in [0.05, 0.1) is 6.61 Å². The van der Waals surface area contributed by atoms with Crippen molar-refractivity contribution in [2.24, 2.45) is 0 Å². The molecule has 1 heterocycles. The average Bonchev–Trinajstić information content (AvgIpc) is 3.06. The van der Waals surface area contributed by atoms with Crippen LogP contribution in [0.25, 0.3) is 0 Å². The maximum absolute atomic E-state index is 11.7. The molecule has 1 aliphatic rings. The van der Waals surface area contributed by atoms with Crippen LogP contribution in [0.2, 0.25) is 0 Å². The third kappa shape index (κ3) is 5.59. The van der Waals surface area contributed by atoms with Gasteiger partial charge in [-0.2, -0.15) is 0 Å². The van der Waals surface area contributed by atoms with E-state index in [4.69, 9.17) is 14.2 Å². The highest BCUT2D eigenvalue weighted by Crippen LogP contribution is 2.24. The summed E-state index contributed by atoms with van der Waals surface area (Å²) >= 11 is 3.18. The van der Waals surface area contributed by atoms with Gasteiger partial charge in [-0.25, -0.2) is 0 Å². The molecule has 0 saturated heterocycles. The molecule has 1 aromatic carbocycles. The predicted octanol–water partition coefficient (Wildman–Crippen LogP) is 3.71. The first-order chi connectivity index (χ1) is 10.7. The van der Waals surface area contributed by atoms with Crippen molar-refractivity contribution >= 4 is 29.5 Å². The number of ether oxygens (including phenoxy) is 3. The molecule has 2 atom stereocenters. The number of rotatable bonds is 8. The van der Waals surface area contributed by atoms with Crippen LogP contribution in [0.15, 0.2) is 40.6 Å². The molecule has 6 heteroatoms. The van der Waals surface area contributed by atoms with Gasteiger partial charge in [0.2, 0.25) is 0 Å². The molecule has 0 radical (unpaired) electrons. The number of esters is 1. The van der Waals surface area contributed by atoms with Crippen LogP contribution in [0.5, 0.6) is 5.75 Å². The molecule has 1 aromatic rings. The molecule has 4 nitrogen and oxygen atoms in total. The van der Waals surface area contributed by atoms with Crippen LogP contribution < -0.4 is 4.74 Å². The summed E-state index contributed by atoms with van der Waals surface area (Å²) in [6.45, 7) is 2.39. The van der Waals surface area contributed by atoms with Crippen LogP contribution in [-0.4, -0.2) is 37.0 Å². The van der Waals surface area contributed by atoms with Gasteiger partial charge in [-0.3, -0.25) is 4.79 Å². The van der Waals surface area contributed by atoms with Crippen molar-refractivity contribution in [2.75, 3.05) is 19.5 Å². The molecule has 0 amide bonds. The molecule has 1 aliphatic heterocycles. The van der Waals surface area contributed by atoms with Crippen LogP contribution in [0.1, 0.15) is 13.3 Å². The van der Waals surface area contributed by atoms with Crippen molar-refractivity contribution < 1.29 is 19.0 Å². The van der Waals surface area contributed by atoms with Gasteiger partial charge in [0.25, 0.3) is 0 Å². The van der Waals surface area contributed by atoms with E-state index in [0.717, 1.165) is 12.2 Å². The molecule has 0 aliphatic carbocycles. The minimum atomic E-state index is -0.388. The summed E-state index contributed by atoms with van der Waals surface area (Å²) in [5, 5.41) is 1.84. The zero-order valence-corrected chi connectivity index (χ0v) is 14.3. The largest absolute Gasteiger partial charge is 0.465 e. The molecular formula is C16H20O4S2. The lowest BCUT2D eigenvalue weighted by Crippen LogP contribution is -2.23. The van der Waals surface area contributed by atoms with Gasteiger partial charge in [-0.1, -0.05) is 6.08 Å². The third-order valence-electron chi connectivity index (χ3n) is 2.99. The lowest BCUT2D eigenvalue weighted by atomic mass is 10.3. The van der Waals surface area contributed by atoms with E-state index in [1.165, 1.54) is 16.7 Å². The number of hydrogen-bond acceptors (Lipinski definition) is 6. The normalized spacial score (nSPS) is 18.2. The van der Waals surface area contributed by atoms with Gasteiger partial charge < -0.3 is 14.2 Å².